The van der Waals surface area contributed by atoms with Gasteiger partial charge in [-0.2, -0.15) is 5.26 Å². The number of nitrogens with zero attached hydrogens (tertiary/aromatic N) is 1. The van der Waals surface area contributed by atoms with E-state index in [0.29, 0.717) is 5.56 Å². The highest BCUT2D eigenvalue weighted by molar-refractivity contribution is 6.06. The standard InChI is InChI=1S/C21H17NO3/c1-25-18(23)13-12-17-19(15-8-4-2-5-9-15)21(17,14-22)20(24)16-10-6-3-7-11-16/h2-13,17,19H,1H3/b13-12-/t17-,19-,21-/m1/s1. The predicted octanol–water partition coefficient (Wildman–Crippen LogP) is 3.52. The SMILES string of the molecule is COC(=O)/C=C\[C@@H]1[C@@H](c2ccccc2)[C@]1(C#N)C(=O)c1ccccc1. The largest absolute Gasteiger partial charge is 0.466 e. The van der Waals surface area contributed by atoms with Crippen LogP contribution in [0.2, 0.25) is 0 Å². The average molecular weight is 331 g/mol. The molecule has 1 aliphatic carbocycles. The van der Waals surface area contributed by atoms with E-state index in [4.69, 9.17) is 0 Å². The first kappa shape index (κ1) is 16.7. The number of ether oxygens (including phenoxy) is 1. The molecule has 0 unspecified atom stereocenters. The molecule has 2 aromatic carbocycles. The number of carbonyl (C=O) groups excluding carboxylic acids is 2. The molecular weight excluding hydrogens is 314 g/mol. The number of hydrogen-bond donors (Lipinski definition) is 0. The van der Waals surface area contributed by atoms with Crippen molar-refractivity contribution in [3.05, 3.63) is 83.9 Å². The second-order valence-electron chi connectivity index (χ2n) is 5.97. The van der Waals surface area contributed by atoms with Crippen LogP contribution >= 0.6 is 0 Å². The predicted molar refractivity (Wildman–Crippen MR) is 92.6 cm³/mol. The highest BCUT2D eigenvalue weighted by atomic mass is 16.5. The van der Waals surface area contributed by atoms with E-state index in [1.54, 1.807) is 30.3 Å². The maximum Gasteiger partial charge on any atom is 0.330 e. The minimum Gasteiger partial charge on any atom is -0.466 e. The van der Waals surface area contributed by atoms with Crippen LogP contribution in [0.15, 0.2) is 72.8 Å². The van der Waals surface area contributed by atoms with Crippen molar-refractivity contribution in [3.8, 4) is 6.07 Å². The zero-order valence-electron chi connectivity index (χ0n) is 13.8. The van der Waals surface area contributed by atoms with E-state index in [1.165, 1.54) is 13.2 Å². The van der Waals surface area contributed by atoms with E-state index < -0.39 is 11.4 Å². The minimum atomic E-state index is -1.20. The molecule has 3 rings (SSSR count). The molecule has 2 aromatic rings. The van der Waals surface area contributed by atoms with Crippen molar-refractivity contribution in [1.82, 2.24) is 0 Å². The molecule has 0 aliphatic heterocycles. The molecule has 1 saturated carbocycles. The second-order valence-corrected chi connectivity index (χ2v) is 5.97. The highest BCUT2D eigenvalue weighted by Crippen LogP contribution is 2.66. The molecule has 1 aliphatic rings. The number of esters is 1. The van der Waals surface area contributed by atoms with Crippen LogP contribution in [0, 0.1) is 22.7 Å². The van der Waals surface area contributed by atoms with E-state index in [9.17, 15) is 14.9 Å². The number of ketones is 1. The third-order valence-electron chi connectivity index (χ3n) is 4.66. The monoisotopic (exact) mass is 331 g/mol. The van der Waals surface area contributed by atoms with Gasteiger partial charge in [0.1, 0.15) is 5.41 Å². The molecule has 1 fully saturated rings. The van der Waals surface area contributed by atoms with Crippen LogP contribution in [-0.4, -0.2) is 18.9 Å². The molecule has 3 atom stereocenters. The van der Waals surface area contributed by atoms with Crippen LogP contribution in [0.4, 0.5) is 0 Å². The molecule has 4 nitrogen and oxygen atoms in total. The number of Topliss-reactive ketones (excluding diaryl/α,β-unsaturated/α-hetero) is 1. The normalized spacial score (nSPS) is 24.5. The molecule has 25 heavy (non-hydrogen) atoms. The molecule has 0 heterocycles. The second kappa shape index (κ2) is 6.74. The van der Waals surface area contributed by atoms with E-state index in [2.05, 4.69) is 10.8 Å². The van der Waals surface area contributed by atoms with Gasteiger partial charge in [-0.05, 0) is 5.56 Å². The van der Waals surface area contributed by atoms with Gasteiger partial charge in [-0.3, -0.25) is 4.79 Å². The fraction of sp³-hybridized carbons (Fsp3) is 0.190. The third-order valence-corrected chi connectivity index (χ3v) is 4.66. The Morgan fingerprint density at radius 3 is 2.24 bits per heavy atom. The zero-order chi connectivity index (χ0) is 17.9. The van der Waals surface area contributed by atoms with Gasteiger partial charge in [0.05, 0.1) is 13.2 Å². The molecule has 0 saturated heterocycles. The summed E-state index contributed by atoms with van der Waals surface area (Å²) in [6.45, 7) is 0. The van der Waals surface area contributed by atoms with Crippen molar-refractivity contribution in [2.45, 2.75) is 5.92 Å². The summed E-state index contributed by atoms with van der Waals surface area (Å²) in [6, 6.07) is 20.5. The lowest BCUT2D eigenvalue weighted by atomic mass is 9.90. The smallest absolute Gasteiger partial charge is 0.330 e. The lowest BCUT2D eigenvalue weighted by Gasteiger charge is -2.08. The van der Waals surface area contributed by atoms with E-state index >= 15 is 0 Å². The van der Waals surface area contributed by atoms with Gasteiger partial charge in [0, 0.05) is 23.5 Å². The Labute approximate surface area is 146 Å². The van der Waals surface area contributed by atoms with Gasteiger partial charge in [0.2, 0.25) is 0 Å². The molecular formula is C21H17NO3. The highest BCUT2D eigenvalue weighted by Gasteiger charge is 2.69. The quantitative estimate of drug-likeness (QED) is 0.477. The molecule has 124 valence electrons. The Bertz CT molecular complexity index is 852. The Kier molecular flexibility index (Phi) is 4.49. The maximum atomic E-state index is 13.1. The van der Waals surface area contributed by atoms with Gasteiger partial charge >= 0.3 is 5.97 Å². The zero-order valence-corrected chi connectivity index (χ0v) is 13.8. The maximum absolute atomic E-state index is 13.1. The lowest BCUT2D eigenvalue weighted by molar-refractivity contribution is -0.134. The van der Waals surface area contributed by atoms with E-state index in [0.717, 1.165) is 5.56 Å². The summed E-state index contributed by atoms with van der Waals surface area (Å²) in [5, 5.41) is 9.89. The first-order valence-corrected chi connectivity index (χ1v) is 7.97. The van der Waals surface area contributed by atoms with Gasteiger partial charge < -0.3 is 4.74 Å². The Morgan fingerprint density at radius 1 is 1.08 bits per heavy atom. The van der Waals surface area contributed by atoms with Crippen molar-refractivity contribution < 1.29 is 14.3 Å². The number of carbonyl (C=O) groups is 2. The Balaban J connectivity index is 2.02. The van der Waals surface area contributed by atoms with Crippen molar-refractivity contribution in [2.24, 2.45) is 11.3 Å². The number of benzene rings is 2. The summed E-state index contributed by atoms with van der Waals surface area (Å²) < 4.78 is 4.62. The van der Waals surface area contributed by atoms with Crippen molar-refractivity contribution in [1.29, 1.82) is 5.26 Å². The molecule has 0 spiro atoms. The van der Waals surface area contributed by atoms with Crippen LogP contribution in [0.3, 0.4) is 0 Å². The van der Waals surface area contributed by atoms with Crippen LogP contribution in [0.5, 0.6) is 0 Å². The first-order valence-electron chi connectivity index (χ1n) is 7.97. The van der Waals surface area contributed by atoms with Crippen molar-refractivity contribution >= 4 is 11.8 Å². The van der Waals surface area contributed by atoms with E-state index in [-0.39, 0.29) is 17.6 Å². The third kappa shape index (κ3) is 2.85. The minimum absolute atomic E-state index is 0.219. The van der Waals surface area contributed by atoms with Gasteiger partial charge in [-0.25, -0.2) is 4.79 Å². The Morgan fingerprint density at radius 2 is 1.68 bits per heavy atom. The fourth-order valence-corrected chi connectivity index (χ4v) is 3.37. The summed E-state index contributed by atoms with van der Waals surface area (Å²) in [5.41, 5.74) is 0.208. The number of rotatable bonds is 5. The summed E-state index contributed by atoms with van der Waals surface area (Å²) in [4.78, 5) is 24.5. The summed E-state index contributed by atoms with van der Waals surface area (Å²) >= 11 is 0. The number of nitriles is 1. The molecule has 0 amide bonds. The van der Waals surface area contributed by atoms with Crippen LogP contribution in [0.25, 0.3) is 0 Å². The first-order chi connectivity index (χ1) is 12.1. The van der Waals surface area contributed by atoms with Crippen molar-refractivity contribution in [3.63, 3.8) is 0 Å². The summed E-state index contributed by atoms with van der Waals surface area (Å²) in [5.74, 6) is -1.37. The molecule has 0 bridgehead atoms. The van der Waals surface area contributed by atoms with Gasteiger partial charge in [-0.1, -0.05) is 66.7 Å². The molecule has 0 radical (unpaired) electrons. The Hall–Kier alpha value is -3.19. The fourth-order valence-electron chi connectivity index (χ4n) is 3.37. The van der Waals surface area contributed by atoms with Gasteiger partial charge in [-0.15, -0.1) is 0 Å². The summed E-state index contributed by atoms with van der Waals surface area (Å²) in [6.07, 6.45) is 2.91. The van der Waals surface area contributed by atoms with Crippen LogP contribution in [-0.2, 0) is 9.53 Å². The lowest BCUT2D eigenvalue weighted by Crippen LogP contribution is -2.18. The molecule has 0 N–H and O–H groups in total. The average Bonchev–Trinajstić information content (AvgIpc) is 3.35. The van der Waals surface area contributed by atoms with Crippen molar-refractivity contribution in [2.75, 3.05) is 7.11 Å². The van der Waals surface area contributed by atoms with Gasteiger partial charge in [0.15, 0.2) is 5.78 Å². The topological polar surface area (TPSA) is 67.2 Å². The van der Waals surface area contributed by atoms with Gasteiger partial charge in [0.25, 0.3) is 0 Å². The van der Waals surface area contributed by atoms with E-state index in [1.807, 2.05) is 36.4 Å². The molecule has 4 heteroatoms. The van der Waals surface area contributed by atoms with Crippen LogP contribution in [0.1, 0.15) is 21.8 Å². The number of allylic oxidation sites excluding steroid dienone is 1. The molecule has 0 aromatic heterocycles. The van der Waals surface area contributed by atoms with Crippen LogP contribution < -0.4 is 0 Å². The summed E-state index contributed by atoms with van der Waals surface area (Å²) in [7, 11) is 1.29. The number of methoxy groups -OCH3 is 1. The number of hydrogen-bond acceptors (Lipinski definition) is 4.